The number of aromatic nitrogens is 3. The van der Waals surface area contributed by atoms with Crippen molar-refractivity contribution in [2.75, 3.05) is 11.9 Å². The van der Waals surface area contributed by atoms with E-state index in [2.05, 4.69) is 25.8 Å². The van der Waals surface area contributed by atoms with Crippen LogP contribution in [-0.2, 0) is 6.42 Å². The van der Waals surface area contributed by atoms with Crippen molar-refractivity contribution >= 4 is 17.5 Å². The Balaban J connectivity index is 1.49. The second-order valence-corrected chi connectivity index (χ2v) is 4.74. The number of benzene rings is 1. The van der Waals surface area contributed by atoms with Crippen LogP contribution in [0.4, 0.5) is 11.6 Å². The Morgan fingerprint density at radius 1 is 1.09 bits per heavy atom. The van der Waals surface area contributed by atoms with Crippen molar-refractivity contribution in [1.29, 1.82) is 0 Å². The number of amides is 1. The van der Waals surface area contributed by atoms with Gasteiger partial charge in [-0.1, -0.05) is 18.2 Å². The highest BCUT2D eigenvalue weighted by Gasteiger charge is 2.08. The summed E-state index contributed by atoms with van der Waals surface area (Å²) in [7, 11) is 0. The van der Waals surface area contributed by atoms with Gasteiger partial charge >= 0.3 is 0 Å². The fraction of sp³-hybridized carbons (Fsp3) is 0.125. The maximum Gasteiger partial charge on any atom is 0.267 e. The summed E-state index contributed by atoms with van der Waals surface area (Å²) in [6, 6.07) is 12.9. The van der Waals surface area contributed by atoms with E-state index in [-0.39, 0.29) is 5.91 Å². The number of carbonyl (C=O) groups is 1. The van der Waals surface area contributed by atoms with Gasteiger partial charge in [0.1, 0.15) is 0 Å². The van der Waals surface area contributed by atoms with Gasteiger partial charge in [-0.05, 0) is 29.4 Å². The monoisotopic (exact) mass is 309 g/mol. The second-order valence-electron chi connectivity index (χ2n) is 4.74. The first kappa shape index (κ1) is 14.7. The minimum absolute atomic E-state index is 0.158. The summed E-state index contributed by atoms with van der Waals surface area (Å²) >= 11 is 0. The van der Waals surface area contributed by atoms with Crippen LogP contribution < -0.4 is 10.6 Å². The van der Waals surface area contributed by atoms with Crippen LogP contribution in [-0.4, -0.2) is 27.6 Å². The molecule has 0 atom stereocenters. The molecule has 0 unspecified atom stereocenters. The number of nitrogens with zero attached hydrogens (tertiary/aromatic N) is 3. The molecule has 0 spiro atoms. The molecule has 0 radical (unpaired) electrons. The molecule has 7 heteroatoms. The van der Waals surface area contributed by atoms with Crippen LogP contribution in [0, 0.1) is 0 Å². The first-order chi connectivity index (χ1) is 11.3. The van der Waals surface area contributed by atoms with Crippen molar-refractivity contribution < 1.29 is 9.32 Å². The van der Waals surface area contributed by atoms with E-state index in [1.807, 2.05) is 30.3 Å². The minimum Gasteiger partial charge on any atom is -0.352 e. The lowest BCUT2D eigenvalue weighted by molar-refractivity contribution is 0.0953. The molecule has 1 amide bonds. The van der Waals surface area contributed by atoms with E-state index in [4.69, 9.17) is 4.52 Å². The molecule has 0 fully saturated rings. The van der Waals surface area contributed by atoms with Crippen LogP contribution in [0.1, 0.15) is 16.2 Å². The molecule has 3 rings (SSSR count). The van der Waals surface area contributed by atoms with Crippen molar-refractivity contribution in [3.05, 3.63) is 66.3 Å². The van der Waals surface area contributed by atoms with Crippen molar-refractivity contribution in [3.8, 4) is 0 Å². The Kier molecular flexibility index (Phi) is 4.58. The summed E-state index contributed by atoms with van der Waals surface area (Å²) < 4.78 is 5.14. The van der Waals surface area contributed by atoms with Gasteiger partial charge in [-0.2, -0.15) is 4.98 Å². The lowest BCUT2D eigenvalue weighted by atomic mass is 10.2. The Morgan fingerprint density at radius 2 is 1.87 bits per heavy atom. The van der Waals surface area contributed by atoms with Gasteiger partial charge in [-0.3, -0.25) is 9.78 Å². The van der Waals surface area contributed by atoms with E-state index in [0.717, 1.165) is 5.69 Å². The van der Waals surface area contributed by atoms with Gasteiger partial charge in [0.2, 0.25) is 5.89 Å². The number of para-hydroxylation sites is 1. The van der Waals surface area contributed by atoms with Crippen LogP contribution in [0.5, 0.6) is 0 Å². The number of rotatable bonds is 6. The highest BCUT2D eigenvalue weighted by molar-refractivity contribution is 5.93. The first-order valence-electron chi connectivity index (χ1n) is 7.14. The average Bonchev–Trinajstić information content (AvgIpc) is 3.04. The number of carbonyl (C=O) groups excluding carboxylic acids is 1. The zero-order valence-electron chi connectivity index (χ0n) is 12.3. The van der Waals surface area contributed by atoms with E-state index < -0.39 is 0 Å². The van der Waals surface area contributed by atoms with Crippen molar-refractivity contribution in [2.24, 2.45) is 0 Å². The van der Waals surface area contributed by atoms with E-state index in [1.165, 1.54) is 0 Å². The molecule has 2 heterocycles. The topological polar surface area (TPSA) is 92.9 Å². The van der Waals surface area contributed by atoms with Crippen LogP contribution in [0.25, 0.3) is 0 Å². The molecule has 0 aliphatic rings. The van der Waals surface area contributed by atoms with Crippen molar-refractivity contribution in [1.82, 2.24) is 20.4 Å². The smallest absolute Gasteiger partial charge is 0.267 e. The van der Waals surface area contributed by atoms with E-state index in [1.54, 1.807) is 24.5 Å². The predicted octanol–water partition coefficient (Wildman–Crippen LogP) is 2.18. The molecule has 0 aliphatic heterocycles. The van der Waals surface area contributed by atoms with Crippen LogP contribution in [0.2, 0.25) is 0 Å². The van der Waals surface area contributed by atoms with Gasteiger partial charge in [0, 0.05) is 36.6 Å². The van der Waals surface area contributed by atoms with Gasteiger partial charge in [0.15, 0.2) is 0 Å². The molecular formula is C16H15N5O2. The summed E-state index contributed by atoms with van der Waals surface area (Å²) in [4.78, 5) is 20.0. The standard InChI is InChI=1S/C16H15N5O2/c22-15(12-6-9-17-10-7-12)18-11-8-14-20-16(21-23-14)19-13-4-2-1-3-5-13/h1-7,9-10H,8,11H2,(H,18,22)(H,19,21). The third-order valence-electron chi connectivity index (χ3n) is 3.06. The lowest BCUT2D eigenvalue weighted by Crippen LogP contribution is -2.25. The number of nitrogens with one attached hydrogen (secondary N) is 2. The quantitative estimate of drug-likeness (QED) is 0.725. The fourth-order valence-corrected chi connectivity index (χ4v) is 1.95. The lowest BCUT2D eigenvalue weighted by Gasteiger charge is -2.02. The number of anilines is 2. The van der Waals surface area contributed by atoms with E-state index in [9.17, 15) is 4.79 Å². The molecular weight excluding hydrogens is 294 g/mol. The molecule has 0 bridgehead atoms. The predicted molar refractivity (Wildman–Crippen MR) is 84.3 cm³/mol. The Bertz CT molecular complexity index is 758. The van der Waals surface area contributed by atoms with E-state index >= 15 is 0 Å². The molecule has 2 aromatic heterocycles. The van der Waals surface area contributed by atoms with Crippen LogP contribution in [0.3, 0.4) is 0 Å². The SMILES string of the molecule is O=C(NCCc1nc(Nc2ccccc2)no1)c1ccncc1. The molecule has 2 N–H and O–H groups in total. The summed E-state index contributed by atoms with van der Waals surface area (Å²) in [6.07, 6.45) is 3.61. The molecule has 0 saturated heterocycles. The highest BCUT2D eigenvalue weighted by Crippen LogP contribution is 2.12. The van der Waals surface area contributed by atoms with Gasteiger partial charge in [-0.15, -0.1) is 0 Å². The Labute approximate surface area is 132 Å². The van der Waals surface area contributed by atoms with E-state index in [0.29, 0.717) is 30.4 Å². The zero-order valence-corrected chi connectivity index (χ0v) is 12.3. The molecule has 7 nitrogen and oxygen atoms in total. The average molecular weight is 309 g/mol. The number of hydrogen-bond donors (Lipinski definition) is 2. The molecule has 0 aliphatic carbocycles. The van der Waals surface area contributed by atoms with Gasteiger partial charge in [0.25, 0.3) is 11.9 Å². The molecule has 3 aromatic rings. The Morgan fingerprint density at radius 3 is 2.65 bits per heavy atom. The summed E-state index contributed by atoms with van der Waals surface area (Å²) in [6.45, 7) is 0.411. The van der Waals surface area contributed by atoms with Crippen molar-refractivity contribution in [3.63, 3.8) is 0 Å². The van der Waals surface area contributed by atoms with Gasteiger partial charge in [-0.25, -0.2) is 0 Å². The second kappa shape index (κ2) is 7.17. The Hall–Kier alpha value is -3.22. The largest absolute Gasteiger partial charge is 0.352 e. The molecule has 23 heavy (non-hydrogen) atoms. The number of pyridine rings is 1. The maximum absolute atomic E-state index is 11.9. The number of hydrogen-bond acceptors (Lipinski definition) is 6. The van der Waals surface area contributed by atoms with Crippen LogP contribution >= 0.6 is 0 Å². The third kappa shape index (κ3) is 4.13. The zero-order chi connectivity index (χ0) is 15.9. The van der Waals surface area contributed by atoms with Crippen LogP contribution in [0.15, 0.2) is 59.4 Å². The minimum atomic E-state index is -0.158. The highest BCUT2D eigenvalue weighted by atomic mass is 16.5. The summed E-state index contributed by atoms with van der Waals surface area (Å²) in [5.74, 6) is 0.694. The molecule has 0 saturated carbocycles. The first-order valence-corrected chi connectivity index (χ1v) is 7.14. The van der Waals surface area contributed by atoms with Gasteiger partial charge in [0.05, 0.1) is 0 Å². The maximum atomic E-state index is 11.9. The molecule has 1 aromatic carbocycles. The van der Waals surface area contributed by atoms with Crippen molar-refractivity contribution in [2.45, 2.75) is 6.42 Å². The summed E-state index contributed by atoms with van der Waals surface area (Å²) in [5.41, 5.74) is 1.45. The summed E-state index contributed by atoms with van der Waals surface area (Å²) in [5, 5.41) is 9.68. The third-order valence-corrected chi connectivity index (χ3v) is 3.06. The fourth-order valence-electron chi connectivity index (χ4n) is 1.95. The van der Waals surface area contributed by atoms with Gasteiger partial charge < -0.3 is 15.2 Å². The normalized spacial score (nSPS) is 10.3. The molecule has 116 valence electrons.